The normalized spacial score (nSPS) is 23.0. The van der Waals surface area contributed by atoms with Gasteiger partial charge in [-0.3, -0.25) is 14.8 Å². The first kappa shape index (κ1) is 14.9. The number of rotatable bonds is 2. The summed E-state index contributed by atoms with van der Waals surface area (Å²) in [6.07, 6.45) is 2.73. The molecule has 2 bridgehead atoms. The molecule has 2 aromatic heterocycles. The number of aromatic amines is 1. The Morgan fingerprint density at radius 1 is 1.36 bits per heavy atom. The highest BCUT2D eigenvalue weighted by atomic mass is 32.1. The summed E-state index contributed by atoms with van der Waals surface area (Å²) in [6.45, 7) is 1.66. The molecule has 128 valence electrons. The quantitative estimate of drug-likeness (QED) is 0.734. The van der Waals surface area contributed by atoms with Gasteiger partial charge in [0, 0.05) is 42.1 Å². The van der Waals surface area contributed by atoms with Crippen LogP contribution in [0.3, 0.4) is 0 Å². The number of nitrogens with zero attached hydrogens (tertiary/aromatic N) is 4. The minimum Gasteiger partial charge on any atom is -0.507 e. The second-order valence-electron chi connectivity index (χ2n) is 6.76. The fourth-order valence-corrected chi connectivity index (χ4v) is 4.66. The Bertz CT molecular complexity index is 965. The van der Waals surface area contributed by atoms with Crippen molar-refractivity contribution < 1.29 is 9.90 Å². The van der Waals surface area contributed by atoms with Crippen molar-refractivity contribution in [3.63, 3.8) is 0 Å². The van der Waals surface area contributed by atoms with Crippen LogP contribution in [-0.2, 0) is 0 Å². The highest BCUT2D eigenvalue weighted by Gasteiger charge is 2.44. The van der Waals surface area contributed by atoms with Gasteiger partial charge in [-0.1, -0.05) is 0 Å². The van der Waals surface area contributed by atoms with Crippen LogP contribution in [0.1, 0.15) is 16.9 Å². The van der Waals surface area contributed by atoms with Gasteiger partial charge in [0.05, 0.1) is 11.1 Å². The van der Waals surface area contributed by atoms with Crippen LogP contribution in [-0.4, -0.2) is 68.2 Å². The number of phenolic OH excluding ortho intramolecular Hbond substituents is 1. The molecule has 2 saturated heterocycles. The molecule has 0 aliphatic carbocycles. The van der Waals surface area contributed by atoms with E-state index >= 15 is 0 Å². The second-order valence-corrected chi connectivity index (χ2v) is 7.66. The number of hydrogen-bond acceptors (Lipinski definition) is 6. The Hall–Kier alpha value is -2.45. The molecule has 4 heterocycles. The van der Waals surface area contributed by atoms with E-state index in [-0.39, 0.29) is 17.7 Å². The van der Waals surface area contributed by atoms with E-state index in [1.807, 2.05) is 10.3 Å². The van der Waals surface area contributed by atoms with E-state index in [0.29, 0.717) is 22.7 Å². The van der Waals surface area contributed by atoms with Crippen molar-refractivity contribution in [1.82, 2.24) is 25.0 Å². The molecule has 2 aliphatic heterocycles. The molecule has 25 heavy (non-hydrogen) atoms. The molecule has 2 N–H and O–H groups in total. The van der Waals surface area contributed by atoms with E-state index in [1.54, 1.807) is 18.3 Å². The number of carbonyl (C=O) groups excluding carboxylic acids is 1. The number of aromatic hydroxyl groups is 1. The molecule has 2 atom stereocenters. The molecule has 8 heteroatoms. The summed E-state index contributed by atoms with van der Waals surface area (Å²) >= 11 is 1.46. The third kappa shape index (κ3) is 2.17. The molecular formula is C17H17N5O2S. The van der Waals surface area contributed by atoms with Crippen LogP contribution < -0.4 is 0 Å². The number of carbonyl (C=O) groups is 1. The van der Waals surface area contributed by atoms with E-state index in [9.17, 15) is 9.90 Å². The highest BCUT2D eigenvalue weighted by Crippen LogP contribution is 2.36. The van der Waals surface area contributed by atoms with Gasteiger partial charge in [-0.2, -0.15) is 5.10 Å². The van der Waals surface area contributed by atoms with Gasteiger partial charge in [0.25, 0.3) is 5.91 Å². The van der Waals surface area contributed by atoms with E-state index in [1.165, 1.54) is 11.3 Å². The smallest absolute Gasteiger partial charge is 0.275 e. The first-order valence-corrected chi connectivity index (χ1v) is 9.12. The van der Waals surface area contributed by atoms with Gasteiger partial charge in [0.15, 0.2) is 5.69 Å². The third-order valence-corrected chi connectivity index (χ3v) is 6.13. The summed E-state index contributed by atoms with van der Waals surface area (Å²) in [5.74, 6) is 0.0498. The van der Waals surface area contributed by atoms with Gasteiger partial charge in [0.1, 0.15) is 10.8 Å². The number of nitrogens with one attached hydrogen (secondary N) is 1. The lowest BCUT2D eigenvalue weighted by Crippen LogP contribution is -2.47. The molecular weight excluding hydrogens is 338 g/mol. The highest BCUT2D eigenvalue weighted by molar-refractivity contribution is 7.13. The molecule has 0 unspecified atom stereocenters. The number of piperazine rings is 1. The lowest BCUT2D eigenvalue weighted by atomic mass is 10.1. The Balaban J connectivity index is 1.53. The summed E-state index contributed by atoms with van der Waals surface area (Å²) in [4.78, 5) is 21.4. The van der Waals surface area contributed by atoms with E-state index in [2.05, 4.69) is 27.1 Å². The SMILES string of the molecule is CN1C[C@@H]2C[C@H]1CN2C(=O)c1n[nH]c2cc(-c3nccs3)c(O)cc12. The molecule has 0 spiro atoms. The van der Waals surface area contributed by atoms with Gasteiger partial charge in [-0.25, -0.2) is 4.98 Å². The number of likely N-dealkylation sites (tertiary alicyclic amines) is 2. The van der Waals surface area contributed by atoms with E-state index < -0.39 is 0 Å². The molecule has 0 saturated carbocycles. The summed E-state index contributed by atoms with van der Waals surface area (Å²) in [6, 6.07) is 4.13. The zero-order valence-corrected chi connectivity index (χ0v) is 14.5. The maximum Gasteiger partial charge on any atom is 0.275 e. The lowest BCUT2D eigenvalue weighted by Gasteiger charge is -2.31. The van der Waals surface area contributed by atoms with Crippen LogP contribution in [0.5, 0.6) is 5.75 Å². The Morgan fingerprint density at radius 2 is 2.24 bits per heavy atom. The topological polar surface area (TPSA) is 85.4 Å². The predicted molar refractivity (Wildman–Crippen MR) is 94.7 cm³/mol. The van der Waals surface area contributed by atoms with Gasteiger partial charge < -0.3 is 10.0 Å². The van der Waals surface area contributed by atoms with Crippen molar-refractivity contribution >= 4 is 28.1 Å². The second kappa shape index (κ2) is 5.27. The molecule has 1 aromatic carbocycles. The molecule has 3 aromatic rings. The number of hydrogen-bond donors (Lipinski definition) is 2. The predicted octanol–water partition coefficient (Wildman–Crippen LogP) is 1.92. The van der Waals surface area contributed by atoms with Crippen LogP contribution in [0.15, 0.2) is 23.7 Å². The fraction of sp³-hybridized carbons (Fsp3) is 0.353. The number of fused-ring (bicyclic) bond motifs is 3. The first-order valence-electron chi connectivity index (χ1n) is 8.24. The zero-order chi connectivity index (χ0) is 17.1. The van der Waals surface area contributed by atoms with Crippen LogP contribution in [0.2, 0.25) is 0 Å². The minimum absolute atomic E-state index is 0.0618. The summed E-state index contributed by atoms with van der Waals surface area (Å²) in [7, 11) is 2.11. The third-order valence-electron chi connectivity index (χ3n) is 5.32. The first-order chi connectivity index (χ1) is 12.1. The van der Waals surface area contributed by atoms with Gasteiger partial charge in [-0.15, -0.1) is 11.3 Å². The van der Waals surface area contributed by atoms with Gasteiger partial charge in [-0.05, 0) is 25.6 Å². The largest absolute Gasteiger partial charge is 0.507 e. The van der Waals surface area contributed by atoms with Gasteiger partial charge in [0.2, 0.25) is 0 Å². The average Bonchev–Trinajstić information content (AvgIpc) is 3.36. The van der Waals surface area contributed by atoms with Crippen molar-refractivity contribution in [2.24, 2.45) is 0 Å². The molecule has 2 aliphatic rings. The van der Waals surface area contributed by atoms with Crippen molar-refractivity contribution in [2.45, 2.75) is 18.5 Å². The maximum absolute atomic E-state index is 13.0. The Labute approximate surface area is 147 Å². The summed E-state index contributed by atoms with van der Waals surface area (Å²) in [5, 5.41) is 20.8. The molecule has 7 nitrogen and oxygen atoms in total. The van der Waals surface area contributed by atoms with Crippen LogP contribution >= 0.6 is 11.3 Å². The number of amides is 1. The fourth-order valence-electron chi connectivity index (χ4n) is 3.99. The number of phenols is 1. The standard InChI is InChI=1S/C17H17N5O2S/c1-21-7-10-4-9(21)8-22(10)17(24)15-11-6-14(23)12(5-13(11)19-20-15)16-18-2-3-25-16/h2-3,5-6,9-10,23H,4,7-8H2,1H3,(H,19,20)/t9-,10-/m0/s1. The van der Waals surface area contributed by atoms with Crippen molar-refractivity contribution in [2.75, 3.05) is 20.1 Å². The number of likely N-dealkylation sites (N-methyl/N-ethyl adjacent to an activating group) is 1. The van der Waals surface area contributed by atoms with Crippen LogP contribution in [0, 0.1) is 0 Å². The number of H-pyrrole nitrogens is 1. The molecule has 1 amide bonds. The van der Waals surface area contributed by atoms with Gasteiger partial charge >= 0.3 is 0 Å². The molecule has 0 radical (unpaired) electrons. The Kier molecular flexibility index (Phi) is 3.13. The number of aromatic nitrogens is 3. The van der Waals surface area contributed by atoms with Crippen molar-refractivity contribution in [3.8, 4) is 16.3 Å². The molecule has 5 rings (SSSR count). The number of thiazole rings is 1. The lowest BCUT2D eigenvalue weighted by molar-refractivity contribution is 0.0646. The van der Waals surface area contributed by atoms with E-state index in [4.69, 9.17) is 0 Å². The average molecular weight is 355 g/mol. The van der Waals surface area contributed by atoms with E-state index in [0.717, 1.165) is 30.0 Å². The summed E-state index contributed by atoms with van der Waals surface area (Å²) < 4.78 is 0. The minimum atomic E-state index is -0.0618. The van der Waals surface area contributed by atoms with Crippen LogP contribution in [0.4, 0.5) is 0 Å². The van der Waals surface area contributed by atoms with Crippen molar-refractivity contribution in [1.29, 1.82) is 0 Å². The van der Waals surface area contributed by atoms with Crippen LogP contribution in [0.25, 0.3) is 21.5 Å². The molecule has 2 fully saturated rings. The number of benzene rings is 1. The Morgan fingerprint density at radius 3 is 2.92 bits per heavy atom. The maximum atomic E-state index is 13.0. The summed E-state index contributed by atoms with van der Waals surface area (Å²) in [5.41, 5.74) is 1.76. The van der Waals surface area contributed by atoms with Crippen molar-refractivity contribution in [3.05, 3.63) is 29.4 Å². The zero-order valence-electron chi connectivity index (χ0n) is 13.6. The monoisotopic (exact) mass is 355 g/mol.